The molecular formula is C45H27N3S. The molecule has 9 aromatic rings. The Morgan fingerprint density at radius 2 is 0.816 bits per heavy atom. The van der Waals surface area contributed by atoms with E-state index in [-0.39, 0.29) is 0 Å². The number of thiophene rings is 1. The van der Waals surface area contributed by atoms with Gasteiger partial charge in [0.25, 0.3) is 0 Å². The van der Waals surface area contributed by atoms with Crippen molar-refractivity contribution in [3.63, 3.8) is 0 Å². The number of aromatic nitrogens is 3. The van der Waals surface area contributed by atoms with E-state index < -0.39 is 0 Å². The molecule has 4 heteroatoms. The van der Waals surface area contributed by atoms with Gasteiger partial charge in [-0.2, -0.15) is 0 Å². The lowest BCUT2D eigenvalue weighted by Gasteiger charge is -2.12. The Labute approximate surface area is 287 Å². The van der Waals surface area contributed by atoms with Crippen LogP contribution >= 0.6 is 11.3 Å². The summed E-state index contributed by atoms with van der Waals surface area (Å²) in [5.74, 6) is 1.98. The minimum atomic E-state index is 0.655. The predicted octanol–water partition coefficient (Wildman–Crippen LogP) is 12.2. The molecule has 0 saturated heterocycles. The molecule has 228 valence electrons. The van der Waals surface area contributed by atoms with Crippen molar-refractivity contribution in [3.8, 4) is 78.0 Å². The van der Waals surface area contributed by atoms with E-state index in [1.54, 1.807) is 0 Å². The van der Waals surface area contributed by atoms with E-state index in [0.717, 1.165) is 16.7 Å². The summed E-state index contributed by atoms with van der Waals surface area (Å²) in [7, 11) is 0. The molecule has 7 aromatic carbocycles. The van der Waals surface area contributed by atoms with Crippen molar-refractivity contribution in [2.75, 3.05) is 0 Å². The SMILES string of the molecule is c1ccc(-c2nc(-c3ccccc3)nc(-c3ccc(-c4sc5c6c(cc7ccccc75)-c5ccccc5-c5ccccc5-c46)cc3)n2)cc1. The molecule has 0 aliphatic heterocycles. The van der Waals surface area contributed by atoms with Gasteiger partial charge >= 0.3 is 0 Å². The summed E-state index contributed by atoms with van der Waals surface area (Å²) < 4.78 is 1.33. The Morgan fingerprint density at radius 3 is 1.43 bits per heavy atom. The Bertz CT molecular complexity index is 2640. The Kier molecular flexibility index (Phi) is 6.36. The van der Waals surface area contributed by atoms with Crippen molar-refractivity contribution in [1.29, 1.82) is 0 Å². The Morgan fingerprint density at radius 1 is 0.367 bits per heavy atom. The van der Waals surface area contributed by atoms with E-state index in [9.17, 15) is 0 Å². The Balaban J connectivity index is 1.18. The monoisotopic (exact) mass is 641 g/mol. The highest BCUT2D eigenvalue weighted by Gasteiger charge is 2.27. The van der Waals surface area contributed by atoms with E-state index in [1.807, 2.05) is 72.0 Å². The fourth-order valence-corrected chi connectivity index (χ4v) is 8.59. The van der Waals surface area contributed by atoms with Crippen LogP contribution in [0.5, 0.6) is 0 Å². The lowest BCUT2D eigenvalue weighted by atomic mass is 9.93. The molecule has 0 fully saturated rings. The zero-order chi connectivity index (χ0) is 32.3. The first-order valence-corrected chi connectivity index (χ1v) is 17.3. The molecule has 10 rings (SSSR count). The van der Waals surface area contributed by atoms with Crippen molar-refractivity contribution < 1.29 is 0 Å². The number of rotatable bonds is 4. The van der Waals surface area contributed by atoms with Crippen molar-refractivity contribution in [2.45, 2.75) is 0 Å². The van der Waals surface area contributed by atoms with Crippen LogP contribution in [0.3, 0.4) is 0 Å². The van der Waals surface area contributed by atoms with Gasteiger partial charge in [-0.3, -0.25) is 0 Å². The van der Waals surface area contributed by atoms with E-state index >= 15 is 0 Å². The predicted molar refractivity (Wildman–Crippen MR) is 204 cm³/mol. The van der Waals surface area contributed by atoms with Crippen LogP contribution in [0.2, 0.25) is 0 Å². The average molecular weight is 642 g/mol. The van der Waals surface area contributed by atoms with Gasteiger partial charge in [-0.15, -0.1) is 11.3 Å². The minimum absolute atomic E-state index is 0.655. The van der Waals surface area contributed by atoms with Crippen LogP contribution < -0.4 is 0 Å². The largest absolute Gasteiger partial charge is 0.208 e. The second-order valence-electron chi connectivity index (χ2n) is 12.4. The van der Waals surface area contributed by atoms with Crippen molar-refractivity contribution in [2.24, 2.45) is 0 Å². The van der Waals surface area contributed by atoms with Crippen molar-refractivity contribution in [1.82, 2.24) is 15.0 Å². The lowest BCUT2D eigenvalue weighted by Crippen LogP contribution is -2.00. The van der Waals surface area contributed by atoms with Crippen LogP contribution in [0.1, 0.15) is 0 Å². The van der Waals surface area contributed by atoms with Gasteiger partial charge in [0.05, 0.1) is 0 Å². The van der Waals surface area contributed by atoms with Crippen LogP contribution in [-0.2, 0) is 0 Å². The third-order valence-electron chi connectivity index (χ3n) is 9.49. The molecule has 1 aliphatic carbocycles. The van der Waals surface area contributed by atoms with Gasteiger partial charge in [-0.05, 0) is 50.2 Å². The van der Waals surface area contributed by atoms with Gasteiger partial charge in [-0.25, -0.2) is 15.0 Å². The van der Waals surface area contributed by atoms with Crippen LogP contribution in [0.25, 0.3) is 98.8 Å². The van der Waals surface area contributed by atoms with Crippen LogP contribution in [0.15, 0.2) is 164 Å². The average Bonchev–Trinajstić information content (AvgIpc) is 3.54. The minimum Gasteiger partial charge on any atom is -0.208 e. The summed E-state index contributed by atoms with van der Waals surface area (Å²) in [6.07, 6.45) is 0. The zero-order valence-corrected chi connectivity index (χ0v) is 27.2. The summed E-state index contributed by atoms with van der Waals surface area (Å²) in [5.41, 5.74) is 11.7. The number of hydrogen-bond donors (Lipinski definition) is 0. The van der Waals surface area contributed by atoms with Crippen LogP contribution in [0, 0.1) is 0 Å². The zero-order valence-electron chi connectivity index (χ0n) is 26.3. The molecule has 0 N–H and O–H groups in total. The van der Waals surface area contributed by atoms with E-state index in [2.05, 4.69) is 103 Å². The lowest BCUT2D eigenvalue weighted by molar-refractivity contribution is 1.07. The first-order chi connectivity index (χ1) is 24.3. The molecule has 0 spiro atoms. The first-order valence-electron chi connectivity index (χ1n) is 16.5. The molecule has 2 aromatic heterocycles. The maximum Gasteiger partial charge on any atom is 0.164 e. The quantitative estimate of drug-likeness (QED) is 0.192. The number of benzene rings is 7. The number of nitrogens with zero attached hydrogens (tertiary/aromatic N) is 3. The summed E-state index contributed by atoms with van der Waals surface area (Å²) in [4.78, 5) is 16.1. The highest BCUT2D eigenvalue weighted by Crippen LogP contribution is 2.55. The van der Waals surface area contributed by atoms with Gasteiger partial charge in [0.1, 0.15) is 0 Å². The fraction of sp³-hybridized carbons (Fsp3) is 0. The molecule has 2 heterocycles. The van der Waals surface area contributed by atoms with E-state index in [4.69, 9.17) is 15.0 Å². The second kappa shape index (κ2) is 11.2. The Hall–Kier alpha value is -6.23. The van der Waals surface area contributed by atoms with E-state index in [0.29, 0.717) is 17.5 Å². The summed E-state index contributed by atoms with van der Waals surface area (Å²) in [6, 6.07) is 57.9. The summed E-state index contributed by atoms with van der Waals surface area (Å²) in [6.45, 7) is 0. The third-order valence-corrected chi connectivity index (χ3v) is 10.8. The molecule has 0 unspecified atom stereocenters. The van der Waals surface area contributed by atoms with Gasteiger partial charge in [0.2, 0.25) is 0 Å². The second-order valence-corrected chi connectivity index (χ2v) is 13.4. The summed E-state index contributed by atoms with van der Waals surface area (Å²) in [5, 5.41) is 3.88. The van der Waals surface area contributed by atoms with Gasteiger partial charge < -0.3 is 0 Å². The molecular weight excluding hydrogens is 615 g/mol. The highest BCUT2D eigenvalue weighted by atomic mass is 32.1. The van der Waals surface area contributed by atoms with Gasteiger partial charge in [0, 0.05) is 37.2 Å². The fourth-order valence-electron chi connectivity index (χ4n) is 7.20. The molecule has 0 atom stereocenters. The molecule has 3 nitrogen and oxygen atoms in total. The first kappa shape index (κ1) is 27.8. The molecule has 0 radical (unpaired) electrons. The van der Waals surface area contributed by atoms with Crippen LogP contribution in [-0.4, -0.2) is 15.0 Å². The number of fused-ring (bicyclic) bond motifs is 7. The van der Waals surface area contributed by atoms with Crippen molar-refractivity contribution >= 4 is 32.2 Å². The number of hydrogen-bond acceptors (Lipinski definition) is 4. The molecule has 0 amide bonds. The van der Waals surface area contributed by atoms with Crippen molar-refractivity contribution in [3.05, 3.63) is 164 Å². The van der Waals surface area contributed by atoms with Gasteiger partial charge in [0.15, 0.2) is 17.5 Å². The smallest absolute Gasteiger partial charge is 0.164 e. The third kappa shape index (κ3) is 4.53. The molecule has 0 saturated carbocycles. The highest BCUT2D eigenvalue weighted by molar-refractivity contribution is 7.24. The topological polar surface area (TPSA) is 38.7 Å². The maximum atomic E-state index is 4.97. The molecule has 1 aliphatic rings. The summed E-state index contributed by atoms with van der Waals surface area (Å²) >= 11 is 1.89. The van der Waals surface area contributed by atoms with Gasteiger partial charge in [-0.1, -0.05) is 158 Å². The molecule has 0 bridgehead atoms. The van der Waals surface area contributed by atoms with Crippen LogP contribution in [0.4, 0.5) is 0 Å². The standard InChI is InChI=1S/C45H27N3S/c1-3-13-29(14-4-1)43-46-44(30-15-5-2-6-16-30)48-45(47-43)31-25-23-28(24-26-31)41-39-37-22-12-11-20-35(37)34-19-9-10-21-36(34)38-27-32-17-7-8-18-33(32)42(49-41)40(38)39/h1-27H. The van der Waals surface area contributed by atoms with E-state index in [1.165, 1.54) is 64.7 Å². The normalized spacial score (nSPS) is 11.7. The molecule has 49 heavy (non-hydrogen) atoms. The maximum absolute atomic E-state index is 4.97.